The van der Waals surface area contributed by atoms with Gasteiger partial charge < -0.3 is 4.74 Å². The maximum absolute atomic E-state index is 10.5. The van der Waals surface area contributed by atoms with Crippen LogP contribution in [0.25, 0.3) is 0 Å². The van der Waals surface area contributed by atoms with E-state index in [1.165, 1.54) is 0 Å². The second kappa shape index (κ2) is 5.27. The minimum absolute atomic E-state index is 0.00899. The van der Waals surface area contributed by atoms with E-state index in [4.69, 9.17) is 62.7 Å². The van der Waals surface area contributed by atoms with Crippen molar-refractivity contribution < 1.29 is 17.3 Å². The number of hydrogen-bond donors (Lipinski definition) is 0. The van der Waals surface area contributed by atoms with Gasteiger partial charge in [0.05, 0.1) is 15.1 Å². The Morgan fingerprint density at radius 3 is 1.71 bits per heavy atom. The highest BCUT2D eigenvalue weighted by molar-refractivity contribution is 7.76. The summed E-state index contributed by atoms with van der Waals surface area (Å²) in [5.41, 5.74) is 0. The van der Waals surface area contributed by atoms with Gasteiger partial charge >= 0.3 is 17.8 Å². The van der Waals surface area contributed by atoms with E-state index in [1.807, 2.05) is 0 Å². The van der Waals surface area contributed by atoms with Crippen LogP contribution in [0.5, 0.6) is 5.75 Å². The van der Waals surface area contributed by atoms with Crippen molar-refractivity contribution in [2.75, 3.05) is 0 Å². The predicted molar refractivity (Wildman–Crippen MR) is 66.2 cm³/mol. The second-order valence-electron chi connectivity index (χ2n) is 2.70. The van der Waals surface area contributed by atoms with Gasteiger partial charge in [0.25, 0.3) is 0 Å². The van der Waals surface area contributed by atoms with Crippen LogP contribution in [0, 0.1) is 0 Å². The first-order valence-corrected chi connectivity index (χ1v) is 6.75. The van der Waals surface area contributed by atoms with Crippen LogP contribution < -0.4 is 4.74 Å². The van der Waals surface area contributed by atoms with E-state index in [2.05, 4.69) is 8.37 Å². The standard InChI is InChI=1S/C7HCl5O4S/c8-1-2(9)4(11)6(5(12)3(1)10)14-7-15-17(13)16-7/h7H. The zero-order valence-electron chi connectivity index (χ0n) is 7.51. The molecule has 0 atom stereocenters. The number of halogens is 5. The topological polar surface area (TPSA) is 44.8 Å². The molecule has 1 aliphatic heterocycles. The van der Waals surface area contributed by atoms with E-state index in [-0.39, 0.29) is 30.9 Å². The number of hydrogen-bond acceptors (Lipinski definition) is 4. The van der Waals surface area contributed by atoms with Gasteiger partial charge in [-0.15, -0.1) is 0 Å². The van der Waals surface area contributed by atoms with E-state index in [9.17, 15) is 4.21 Å². The van der Waals surface area contributed by atoms with Crippen LogP contribution in [-0.4, -0.2) is 10.7 Å². The monoisotopic (exact) mass is 356 g/mol. The molecule has 10 heteroatoms. The number of ether oxygens (including phenoxy) is 1. The first-order chi connectivity index (χ1) is 7.91. The van der Waals surface area contributed by atoms with Gasteiger partial charge in [-0.2, -0.15) is 12.6 Å². The summed E-state index contributed by atoms with van der Waals surface area (Å²) in [5.74, 6) is -0.0607. The van der Waals surface area contributed by atoms with Crippen LogP contribution in [0.2, 0.25) is 25.1 Å². The fourth-order valence-electron chi connectivity index (χ4n) is 0.959. The summed E-state index contributed by atoms with van der Waals surface area (Å²) in [5, 5.41) is -0.113. The lowest BCUT2D eigenvalue weighted by Crippen LogP contribution is -2.36. The van der Waals surface area contributed by atoms with Gasteiger partial charge in [0.15, 0.2) is 5.75 Å². The molecule has 94 valence electrons. The Balaban J connectivity index is 2.36. The van der Waals surface area contributed by atoms with E-state index in [1.54, 1.807) is 0 Å². The highest BCUT2D eigenvalue weighted by atomic mass is 35.5. The van der Waals surface area contributed by atoms with Crippen molar-refractivity contribution in [3.05, 3.63) is 25.1 Å². The fraction of sp³-hybridized carbons (Fsp3) is 0.143. The average molecular weight is 358 g/mol. The molecule has 0 unspecified atom stereocenters. The normalized spacial score (nSPS) is 23.4. The average Bonchev–Trinajstić information content (AvgIpc) is 2.27. The van der Waals surface area contributed by atoms with E-state index in [0.29, 0.717) is 0 Å². The summed E-state index contributed by atoms with van der Waals surface area (Å²) in [6.45, 7) is -1.18. The third kappa shape index (κ3) is 2.62. The SMILES string of the molecule is O=S1OC(Oc2c(Cl)c(Cl)c(Cl)c(Cl)c2Cl)O1. The Hall–Kier alpha value is 0.540. The molecule has 0 spiro atoms. The van der Waals surface area contributed by atoms with Crippen LogP contribution >= 0.6 is 58.0 Å². The van der Waals surface area contributed by atoms with Crippen molar-refractivity contribution in [1.29, 1.82) is 0 Å². The number of rotatable bonds is 2. The van der Waals surface area contributed by atoms with Crippen molar-refractivity contribution >= 4 is 69.4 Å². The lowest BCUT2D eigenvalue weighted by molar-refractivity contribution is -0.190. The summed E-state index contributed by atoms with van der Waals surface area (Å²) in [6, 6.07) is 0. The van der Waals surface area contributed by atoms with E-state index >= 15 is 0 Å². The quantitative estimate of drug-likeness (QED) is 0.586. The Morgan fingerprint density at radius 1 is 0.882 bits per heavy atom. The van der Waals surface area contributed by atoms with Crippen LogP contribution in [0.1, 0.15) is 0 Å². The van der Waals surface area contributed by atoms with Crippen LogP contribution in [0.15, 0.2) is 0 Å². The molecular formula is C7HCl5O4S. The zero-order chi connectivity index (χ0) is 12.7. The lowest BCUT2D eigenvalue weighted by Gasteiger charge is -2.25. The molecule has 0 saturated carbocycles. The van der Waals surface area contributed by atoms with Crippen molar-refractivity contribution in [1.82, 2.24) is 0 Å². The molecule has 17 heavy (non-hydrogen) atoms. The summed E-state index contributed by atoms with van der Waals surface area (Å²) < 4.78 is 24.7. The molecule has 0 aliphatic carbocycles. The Morgan fingerprint density at radius 2 is 1.29 bits per heavy atom. The van der Waals surface area contributed by atoms with Gasteiger partial charge in [0.2, 0.25) is 0 Å². The molecule has 0 bridgehead atoms. The van der Waals surface area contributed by atoms with Gasteiger partial charge in [-0.25, -0.2) is 0 Å². The molecule has 1 aromatic rings. The molecule has 1 saturated heterocycles. The third-order valence-corrected chi connectivity index (χ3v) is 4.57. The molecule has 1 aromatic carbocycles. The van der Waals surface area contributed by atoms with Crippen LogP contribution in [0.3, 0.4) is 0 Å². The minimum Gasteiger partial charge on any atom is -0.436 e. The molecule has 1 aliphatic rings. The van der Waals surface area contributed by atoms with E-state index in [0.717, 1.165) is 0 Å². The molecule has 4 nitrogen and oxygen atoms in total. The van der Waals surface area contributed by atoms with Gasteiger partial charge in [0, 0.05) is 0 Å². The van der Waals surface area contributed by atoms with Crippen molar-refractivity contribution in [3.63, 3.8) is 0 Å². The zero-order valence-corrected chi connectivity index (χ0v) is 12.1. The maximum atomic E-state index is 10.5. The molecule has 0 N–H and O–H groups in total. The molecule has 2 rings (SSSR count). The van der Waals surface area contributed by atoms with Crippen LogP contribution in [-0.2, 0) is 19.7 Å². The van der Waals surface area contributed by atoms with Crippen molar-refractivity contribution in [2.45, 2.75) is 6.48 Å². The van der Waals surface area contributed by atoms with Gasteiger partial charge in [-0.3, -0.25) is 0 Å². The molecule has 0 radical (unpaired) electrons. The van der Waals surface area contributed by atoms with E-state index < -0.39 is 17.8 Å². The van der Waals surface area contributed by atoms with Crippen molar-refractivity contribution in [3.8, 4) is 5.75 Å². The largest absolute Gasteiger partial charge is 0.436 e. The minimum atomic E-state index is -1.83. The van der Waals surface area contributed by atoms with Crippen molar-refractivity contribution in [2.24, 2.45) is 0 Å². The Kier molecular flexibility index (Phi) is 4.32. The molecular weight excluding hydrogens is 357 g/mol. The Labute approximate surface area is 123 Å². The third-order valence-electron chi connectivity index (χ3n) is 1.70. The fourth-order valence-corrected chi connectivity index (χ4v) is 2.52. The summed E-state index contributed by atoms with van der Waals surface area (Å²) in [6.07, 6.45) is 0. The smallest absolute Gasteiger partial charge is 0.345 e. The Bertz CT molecular complexity index is 471. The first-order valence-electron chi connectivity index (χ1n) is 3.86. The molecule has 0 amide bonds. The van der Waals surface area contributed by atoms with Crippen LogP contribution in [0.4, 0.5) is 0 Å². The van der Waals surface area contributed by atoms with Gasteiger partial charge in [-0.1, -0.05) is 58.0 Å². The highest BCUT2D eigenvalue weighted by Crippen LogP contribution is 2.48. The van der Waals surface area contributed by atoms with Gasteiger partial charge in [0.1, 0.15) is 10.0 Å². The number of benzene rings is 1. The lowest BCUT2D eigenvalue weighted by atomic mass is 10.3. The summed E-state index contributed by atoms with van der Waals surface area (Å²) >= 11 is 27.3. The molecule has 0 aromatic heterocycles. The van der Waals surface area contributed by atoms with Gasteiger partial charge in [-0.05, 0) is 0 Å². The maximum Gasteiger partial charge on any atom is 0.345 e. The second-order valence-corrected chi connectivity index (χ2v) is 5.39. The molecule has 1 fully saturated rings. The highest BCUT2D eigenvalue weighted by Gasteiger charge is 2.33. The summed E-state index contributed by atoms with van der Waals surface area (Å²) in [4.78, 5) is 0. The first kappa shape index (κ1) is 14.0. The molecule has 1 heterocycles. The summed E-state index contributed by atoms with van der Waals surface area (Å²) in [7, 11) is 0. The predicted octanol–water partition coefficient (Wildman–Crippen LogP) is 4.24.